The Hall–Kier alpha value is -0.620. The van der Waals surface area contributed by atoms with Gasteiger partial charge in [-0.25, -0.2) is 0 Å². The van der Waals surface area contributed by atoms with Gasteiger partial charge in [0.15, 0.2) is 24.0 Å². The Labute approximate surface area is 220 Å². The highest BCUT2D eigenvalue weighted by Gasteiger charge is 2.81. The van der Waals surface area contributed by atoms with Crippen LogP contribution in [0.4, 0.5) is 0 Å². The van der Waals surface area contributed by atoms with Crippen molar-refractivity contribution >= 4 is 18.2 Å². The highest BCUT2D eigenvalue weighted by molar-refractivity contribution is 5.92. The zero-order valence-electron chi connectivity index (χ0n) is 22.3. The first-order chi connectivity index (χ1) is 16.1. The molecule has 2 saturated heterocycles. The molecule has 36 heavy (non-hydrogen) atoms. The molecule has 2 aliphatic heterocycles. The number of fused-ring (bicyclic) bond motifs is 6. The number of aliphatic hydroxyl groups excluding tert-OH is 3. The van der Waals surface area contributed by atoms with Crippen molar-refractivity contribution in [2.45, 2.75) is 108 Å². The molecule has 4 fully saturated rings. The van der Waals surface area contributed by atoms with Crippen molar-refractivity contribution in [3.63, 3.8) is 0 Å². The standard InChI is InChI=1S/C26H43NO8.ClH/c1-8-23(4)13-16(29)26(32)24(5)15(28)9-11-22(2,3)20(24)19-21(25(26,6)35-23)34-18(31)14-27(7)12-10-17(30)33-19;/h8,15,17-21,28,30-32H,1,9-14H2,2-7H3;1H/t15-,17?,18?,19-,20-,21-,23-,24-,25+,26-;/m0./s1. The van der Waals surface area contributed by atoms with Gasteiger partial charge in [-0.2, -0.15) is 0 Å². The molecular weight excluding hydrogens is 490 g/mol. The van der Waals surface area contributed by atoms with E-state index in [9.17, 15) is 25.2 Å². The lowest BCUT2D eigenvalue weighted by Crippen LogP contribution is -2.87. The second-order valence-electron chi connectivity index (χ2n) is 12.5. The molecule has 4 N–H and O–H groups in total. The summed E-state index contributed by atoms with van der Waals surface area (Å²) in [7, 11) is 1.80. The van der Waals surface area contributed by atoms with Gasteiger partial charge in [-0.1, -0.05) is 26.8 Å². The summed E-state index contributed by atoms with van der Waals surface area (Å²) >= 11 is 0. The van der Waals surface area contributed by atoms with Crippen LogP contribution in [0.3, 0.4) is 0 Å². The Balaban J connectivity index is 0.00000361. The van der Waals surface area contributed by atoms with Crippen LogP contribution in [-0.2, 0) is 19.0 Å². The zero-order chi connectivity index (χ0) is 26.2. The molecule has 9 nitrogen and oxygen atoms in total. The summed E-state index contributed by atoms with van der Waals surface area (Å²) in [6.45, 7) is 13.6. The SMILES string of the molecule is C=C[C@@]1(C)CC(=O)[C@]2(O)[C@@]3(C)[C@@H](O)CCC(C)(C)[C@@H]3[C@@H]3OC(O)CCN(C)CC(O)O[C@@H]3[C@@]2(C)O1.Cl. The molecule has 0 aromatic carbocycles. The summed E-state index contributed by atoms with van der Waals surface area (Å²) in [6.07, 6.45) is -2.74. The fraction of sp³-hybridized carbons (Fsp3) is 0.885. The van der Waals surface area contributed by atoms with E-state index in [0.29, 0.717) is 25.8 Å². The number of β-amino-alcohol motifs (C(OH)–C–C–N with tert-alkyl or cyclic N) is 1. The van der Waals surface area contributed by atoms with Gasteiger partial charge in [-0.15, -0.1) is 19.0 Å². The number of carbonyl (C=O) groups is 1. The van der Waals surface area contributed by atoms with E-state index < -0.39 is 70.2 Å². The summed E-state index contributed by atoms with van der Waals surface area (Å²) in [5.74, 6) is -1.06. The van der Waals surface area contributed by atoms with Crippen molar-refractivity contribution in [3.8, 4) is 0 Å². The molecular formula is C26H44ClNO8. The topological polar surface area (TPSA) is 129 Å². The van der Waals surface area contributed by atoms with Crippen LogP contribution in [0.25, 0.3) is 0 Å². The zero-order valence-corrected chi connectivity index (χ0v) is 23.1. The maximum absolute atomic E-state index is 14.0. The molecule has 10 heteroatoms. The fourth-order valence-corrected chi connectivity index (χ4v) is 7.76. The molecule has 0 spiro atoms. The van der Waals surface area contributed by atoms with Gasteiger partial charge in [0.2, 0.25) is 0 Å². The van der Waals surface area contributed by atoms with Crippen molar-refractivity contribution in [2.75, 3.05) is 20.1 Å². The number of hydrogen-bond donors (Lipinski definition) is 4. The predicted octanol–water partition coefficient (Wildman–Crippen LogP) is 1.39. The molecule has 0 radical (unpaired) electrons. The van der Waals surface area contributed by atoms with E-state index in [4.69, 9.17) is 14.2 Å². The highest BCUT2D eigenvalue weighted by Crippen LogP contribution is 2.67. The lowest BCUT2D eigenvalue weighted by atomic mass is 9.39. The molecule has 2 heterocycles. The molecule has 4 rings (SSSR count). The number of ketones is 1. The average molecular weight is 534 g/mol. The molecule has 0 amide bonds. The third-order valence-corrected chi connectivity index (χ3v) is 9.55. The molecule has 0 bridgehead atoms. The molecule has 2 unspecified atom stereocenters. The van der Waals surface area contributed by atoms with Crippen LogP contribution in [-0.4, -0.2) is 98.9 Å². The maximum atomic E-state index is 14.0. The van der Waals surface area contributed by atoms with Gasteiger partial charge >= 0.3 is 0 Å². The largest absolute Gasteiger partial charge is 0.392 e. The first kappa shape index (κ1) is 29.9. The first-order valence-electron chi connectivity index (χ1n) is 12.7. The van der Waals surface area contributed by atoms with E-state index in [0.717, 1.165) is 0 Å². The highest BCUT2D eigenvalue weighted by atomic mass is 35.5. The summed E-state index contributed by atoms with van der Waals surface area (Å²) in [6, 6.07) is 0. The first-order valence-corrected chi connectivity index (χ1v) is 12.7. The molecule has 0 aromatic rings. The van der Waals surface area contributed by atoms with Crippen LogP contribution in [0.15, 0.2) is 12.7 Å². The van der Waals surface area contributed by atoms with Gasteiger partial charge in [-0.3, -0.25) is 4.79 Å². The third-order valence-electron chi connectivity index (χ3n) is 9.55. The molecule has 4 aliphatic rings. The normalized spacial score (nSPS) is 51.7. The van der Waals surface area contributed by atoms with Crippen LogP contribution in [0.5, 0.6) is 0 Å². The van der Waals surface area contributed by atoms with E-state index in [1.807, 2.05) is 18.7 Å². The van der Waals surface area contributed by atoms with Crippen LogP contribution in [0.1, 0.15) is 60.3 Å². The van der Waals surface area contributed by atoms with E-state index in [1.54, 1.807) is 27.8 Å². The Kier molecular flexibility index (Phi) is 7.93. The Bertz CT molecular complexity index is 873. The minimum atomic E-state index is -2.16. The van der Waals surface area contributed by atoms with Gasteiger partial charge in [0, 0.05) is 37.3 Å². The second kappa shape index (κ2) is 9.54. The van der Waals surface area contributed by atoms with Crippen LogP contribution in [0.2, 0.25) is 0 Å². The van der Waals surface area contributed by atoms with Gasteiger partial charge in [0.1, 0.15) is 11.7 Å². The molecule has 2 aliphatic carbocycles. The molecule has 2 saturated carbocycles. The predicted molar refractivity (Wildman–Crippen MR) is 134 cm³/mol. The van der Waals surface area contributed by atoms with Gasteiger partial charge in [-0.05, 0) is 39.2 Å². The Morgan fingerprint density at radius 3 is 2.31 bits per heavy atom. The fourth-order valence-electron chi connectivity index (χ4n) is 7.76. The van der Waals surface area contributed by atoms with Crippen molar-refractivity contribution in [1.29, 1.82) is 0 Å². The van der Waals surface area contributed by atoms with Crippen molar-refractivity contribution in [3.05, 3.63) is 12.7 Å². The number of hydrogen-bond acceptors (Lipinski definition) is 9. The lowest BCUT2D eigenvalue weighted by molar-refractivity contribution is -0.399. The van der Waals surface area contributed by atoms with Crippen LogP contribution in [0, 0.1) is 16.7 Å². The van der Waals surface area contributed by atoms with E-state index in [1.165, 1.54) is 6.08 Å². The average Bonchev–Trinajstić information content (AvgIpc) is 2.75. The van der Waals surface area contributed by atoms with Crippen LogP contribution >= 0.6 is 12.4 Å². The second-order valence-corrected chi connectivity index (χ2v) is 12.5. The van der Waals surface area contributed by atoms with E-state index >= 15 is 0 Å². The minimum absolute atomic E-state index is 0. The quantitative estimate of drug-likeness (QED) is 0.369. The van der Waals surface area contributed by atoms with Crippen molar-refractivity contribution < 1.29 is 39.4 Å². The molecule has 208 valence electrons. The van der Waals surface area contributed by atoms with E-state index in [-0.39, 0.29) is 25.4 Å². The summed E-state index contributed by atoms with van der Waals surface area (Å²) < 4.78 is 19.1. The van der Waals surface area contributed by atoms with Gasteiger partial charge in [0.25, 0.3) is 0 Å². The summed E-state index contributed by atoms with van der Waals surface area (Å²) in [5, 5.41) is 45.9. The van der Waals surface area contributed by atoms with E-state index in [2.05, 4.69) is 6.58 Å². The third kappa shape index (κ3) is 4.10. The number of halogens is 1. The summed E-state index contributed by atoms with van der Waals surface area (Å²) in [4.78, 5) is 15.8. The smallest absolute Gasteiger partial charge is 0.171 e. The Morgan fingerprint density at radius 2 is 1.69 bits per heavy atom. The molecule has 10 atom stereocenters. The monoisotopic (exact) mass is 533 g/mol. The Morgan fingerprint density at radius 1 is 1.06 bits per heavy atom. The van der Waals surface area contributed by atoms with Gasteiger partial charge < -0.3 is 39.5 Å². The number of nitrogens with zero attached hydrogens (tertiary/aromatic N) is 1. The van der Waals surface area contributed by atoms with Crippen molar-refractivity contribution in [2.24, 2.45) is 16.7 Å². The molecule has 0 aromatic heterocycles. The maximum Gasteiger partial charge on any atom is 0.171 e. The number of aliphatic hydroxyl groups is 4. The lowest BCUT2D eigenvalue weighted by Gasteiger charge is -2.72. The number of rotatable bonds is 1. The number of carbonyl (C=O) groups excluding carboxylic acids is 1. The number of likely N-dealkylation sites (N-methyl/N-ethyl adjacent to an activating group) is 1. The number of ether oxygens (including phenoxy) is 3. The minimum Gasteiger partial charge on any atom is -0.392 e. The van der Waals surface area contributed by atoms with Gasteiger partial charge in [0.05, 0.1) is 17.8 Å². The summed E-state index contributed by atoms with van der Waals surface area (Å²) in [5.41, 5.74) is -6.87. The van der Waals surface area contributed by atoms with Crippen molar-refractivity contribution in [1.82, 2.24) is 4.90 Å². The number of Topliss-reactive ketones (excluding diaryl/α,β-unsaturated/α-hetero) is 1. The van der Waals surface area contributed by atoms with Crippen LogP contribution < -0.4 is 0 Å².